The van der Waals surface area contributed by atoms with Crippen molar-refractivity contribution in [2.45, 2.75) is 19.4 Å². The number of urea groups is 1. The van der Waals surface area contributed by atoms with Crippen LogP contribution in [0.1, 0.15) is 12.5 Å². The van der Waals surface area contributed by atoms with Gasteiger partial charge in [-0.3, -0.25) is 0 Å². The summed E-state index contributed by atoms with van der Waals surface area (Å²) in [5.41, 5.74) is 1.00. The highest BCUT2D eigenvalue weighted by Gasteiger charge is 2.06. The molecule has 0 saturated carbocycles. The van der Waals surface area contributed by atoms with E-state index in [1.807, 2.05) is 6.92 Å². The van der Waals surface area contributed by atoms with Crippen molar-refractivity contribution in [3.8, 4) is 0 Å². The molecule has 0 spiro atoms. The minimum absolute atomic E-state index is 0.0235. The van der Waals surface area contributed by atoms with Crippen LogP contribution in [0, 0.1) is 5.82 Å². The molecule has 0 aliphatic heterocycles. The molecule has 82 valence electrons. The Balaban J connectivity index is 2.47. The first kappa shape index (κ1) is 11.5. The first-order valence-electron chi connectivity index (χ1n) is 4.84. The van der Waals surface area contributed by atoms with Gasteiger partial charge in [-0.15, -0.1) is 0 Å². The van der Waals surface area contributed by atoms with Crippen LogP contribution in [0.5, 0.6) is 0 Å². The predicted octanol–water partition coefficient (Wildman–Crippen LogP) is 1.69. The van der Waals surface area contributed by atoms with Gasteiger partial charge in [-0.25, -0.2) is 9.18 Å². The zero-order valence-corrected chi connectivity index (χ0v) is 8.88. The zero-order valence-electron chi connectivity index (χ0n) is 8.88. The molecule has 4 heteroatoms. The maximum atomic E-state index is 12.6. The molecule has 0 radical (unpaired) electrons. The number of rotatable bonds is 3. The highest BCUT2D eigenvalue weighted by atomic mass is 19.1. The molecule has 1 aromatic carbocycles. The molecule has 1 aromatic rings. The van der Waals surface area contributed by atoms with Gasteiger partial charge in [-0.05, 0) is 31.0 Å². The average Bonchev–Trinajstić information content (AvgIpc) is 2.21. The van der Waals surface area contributed by atoms with Crippen LogP contribution >= 0.6 is 0 Å². The van der Waals surface area contributed by atoms with E-state index in [2.05, 4.69) is 10.6 Å². The van der Waals surface area contributed by atoms with Crippen LogP contribution in [0.25, 0.3) is 0 Å². The van der Waals surface area contributed by atoms with E-state index < -0.39 is 0 Å². The van der Waals surface area contributed by atoms with E-state index >= 15 is 0 Å². The summed E-state index contributed by atoms with van der Waals surface area (Å²) < 4.78 is 12.6. The van der Waals surface area contributed by atoms with Crippen molar-refractivity contribution in [3.05, 3.63) is 35.6 Å². The largest absolute Gasteiger partial charge is 0.341 e. The predicted molar refractivity (Wildman–Crippen MR) is 57.2 cm³/mol. The van der Waals surface area contributed by atoms with Gasteiger partial charge in [-0.2, -0.15) is 0 Å². The second-order valence-corrected chi connectivity index (χ2v) is 3.46. The molecule has 0 saturated heterocycles. The van der Waals surface area contributed by atoms with Gasteiger partial charge in [0.25, 0.3) is 0 Å². The lowest BCUT2D eigenvalue weighted by Crippen LogP contribution is -2.39. The third-order valence-electron chi connectivity index (χ3n) is 2.06. The van der Waals surface area contributed by atoms with Crippen molar-refractivity contribution in [1.29, 1.82) is 0 Å². The van der Waals surface area contributed by atoms with Crippen LogP contribution in [0.3, 0.4) is 0 Å². The first-order chi connectivity index (χ1) is 7.11. The fraction of sp³-hybridized carbons (Fsp3) is 0.364. The van der Waals surface area contributed by atoms with E-state index in [1.165, 1.54) is 12.1 Å². The van der Waals surface area contributed by atoms with Gasteiger partial charge in [0, 0.05) is 13.1 Å². The molecule has 0 aliphatic rings. The van der Waals surface area contributed by atoms with Gasteiger partial charge < -0.3 is 10.6 Å². The molecule has 2 amide bonds. The van der Waals surface area contributed by atoms with Crippen LogP contribution in [0.2, 0.25) is 0 Å². The van der Waals surface area contributed by atoms with Gasteiger partial charge in [-0.1, -0.05) is 12.1 Å². The molecule has 0 heterocycles. The number of carbonyl (C=O) groups excluding carboxylic acids is 1. The standard InChI is InChI=1S/C11H15FN2O/c1-8(14-11(15)13-2)7-9-3-5-10(12)6-4-9/h3-6,8H,7H2,1-2H3,(H2,13,14,15). The topological polar surface area (TPSA) is 41.1 Å². The molecule has 0 fully saturated rings. The Hall–Kier alpha value is -1.58. The summed E-state index contributed by atoms with van der Waals surface area (Å²) >= 11 is 0. The minimum Gasteiger partial charge on any atom is -0.341 e. The highest BCUT2D eigenvalue weighted by Crippen LogP contribution is 2.05. The van der Waals surface area contributed by atoms with Crippen LogP contribution in [0.15, 0.2) is 24.3 Å². The van der Waals surface area contributed by atoms with Crippen molar-refractivity contribution in [2.24, 2.45) is 0 Å². The summed E-state index contributed by atoms with van der Waals surface area (Å²) in [7, 11) is 1.57. The molecule has 2 N–H and O–H groups in total. The SMILES string of the molecule is CNC(=O)NC(C)Cc1ccc(F)cc1. The number of carbonyl (C=O) groups is 1. The van der Waals surface area contributed by atoms with Crippen molar-refractivity contribution in [1.82, 2.24) is 10.6 Å². The number of hydrogen-bond donors (Lipinski definition) is 2. The third-order valence-corrected chi connectivity index (χ3v) is 2.06. The zero-order chi connectivity index (χ0) is 11.3. The van der Waals surface area contributed by atoms with E-state index in [-0.39, 0.29) is 17.9 Å². The molecule has 0 aliphatic carbocycles. The van der Waals surface area contributed by atoms with Crippen molar-refractivity contribution in [3.63, 3.8) is 0 Å². The Bertz CT molecular complexity index is 324. The summed E-state index contributed by atoms with van der Waals surface area (Å²) in [6, 6.07) is 6.10. The number of nitrogens with one attached hydrogen (secondary N) is 2. The van der Waals surface area contributed by atoms with Gasteiger partial charge in [0.1, 0.15) is 5.82 Å². The van der Waals surface area contributed by atoms with E-state index in [0.29, 0.717) is 6.42 Å². The molecular weight excluding hydrogens is 195 g/mol. The Morgan fingerprint density at radius 3 is 2.53 bits per heavy atom. The quantitative estimate of drug-likeness (QED) is 0.783. The van der Waals surface area contributed by atoms with Gasteiger partial charge in [0.05, 0.1) is 0 Å². The van der Waals surface area contributed by atoms with E-state index in [4.69, 9.17) is 0 Å². The van der Waals surface area contributed by atoms with Gasteiger partial charge in [0.2, 0.25) is 0 Å². The molecular formula is C11H15FN2O. The molecule has 0 aromatic heterocycles. The second-order valence-electron chi connectivity index (χ2n) is 3.46. The van der Waals surface area contributed by atoms with Crippen molar-refractivity contribution >= 4 is 6.03 Å². The fourth-order valence-corrected chi connectivity index (χ4v) is 1.32. The lowest BCUT2D eigenvalue weighted by atomic mass is 10.1. The lowest BCUT2D eigenvalue weighted by Gasteiger charge is -2.13. The molecule has 0 bridgehead atoms. The van der Waals surface area contributed by atoms with Crippen LogP contribution in [0.4, 0.5) is 9.18 Å². The Kier molecular flexibility index (Phi) is 4.09. The van der Waals surface area contributed by atoms with Crippen LogP contribution < -0.4 is 10.6 Å². The Morgan fingerprint density at radius 1 is 1.40 bits per heavy atom. The van der Waals surface area contributed by atoms with E-state index in [9.17, 15) is 9.18 Å². The first-order valence-corrected chi connectivity index (χ1v) is 4.84. The summed E-state index contributed by atoms with van der Waals surface area (Å²) in [4.78, 5) is 11.0. The van der Waals surface area contributed by atoms with E-state index in [0.717, 1.165) is 5.56 Å². The number of halogens is 1. The number of amides is 2. The molecule has 1 rings (SSSR count). The number of benzene rings is 1. The Labute approximate surface area is 88.7 Å². The second kappa shape index (κ2) is 5.34. The van der Waals surface area contributed by atoms with Gasteiger partial charge >= 0.3 is 6.03 Å². The van der Waals surface area contributed by atoms with E-state index in [1.54, 1.807) is 19.2 Å². The monoisotopic (exact) mass is 210 g/mol. The lowest BCUT2D eigenvalue weighted by molar-refractivity contribution is 0.240. The number of hydrogen-bond acceptors (Lipinski definition) is 1. The molecule has 1 unspecified atom stereocenters. The maximum absolute atomic E-state index is 12.6. The normalized spacial score (nSPS) is 11.9. The Morgan fingerprint density at radius 2 is 2.00 bits per heavy atom. The summed E-state index contributed by atoms with van der Waals surface area (Å²) in [6.45, 7) is 1.90. The minimum atomic E-state index is -0.245. The highest BCUT2D eigenvalue weighted by molar-refractivity contribution is 5.73. The summed E-state index contributed by atoms with van der Waals surface area (Å²) in [6.07, 6.45) is 0.688. The maximum Gasteiger partial charge on any atom is 0.314 e. The van der Waals surface area contributed by atoms with Crippen LogP contribution in [-0.4, -0.2) is 19.1 Å². The van der Waals surface area contributed by atoms with Gasteiger partial charge in [0.15, 0.2) is 0 Å². The molecule has 1 atom stereocenters. The molecule has 15 heavy (non-hydrogen) atoms. The van der Waals surface area contributed by atoms with Crippen LogP contribution in [-0.2, 0) is 6.42 Å². The summed E-state index contributed by atoms with van der Waals surface area (Å²) in [5, 5.41) is 5.23. The third kappa shape index (κ3) is 3.97. The smallest absolute Gasteiger partial charge is 0.314 e. The average molecular weight is 210 g/mol. The van der Waals surface area contributed by atoms with Crippen molar-refractivity contribution in [2.75, 3.05) is 7.05 Å². The fourth-order valence-electron chi connectivity index (χ4n) is 1.32. The summed E-state index contributed by atoms with van der Waals surface area (Å²) in [5.74, 6) is -0.245. The van der Waals surface area contributed by atoms with Crippen molar-refractivity contribution < 1.29 is 9.18 Å². The molecule has 3 nitrogen and oxygen atoms in total.